The topological polar surface area (TPSA) is 58.1 Å². The van der Waals surface area contributed by atoms with E-state index < -0.39 is 0 Å². The van der Waals surface area contributed by atoms with Crippen molar-refractivity contribution in [3.63, 3.8) is 0 Å². The van der Waals surface area contributed by atoms with Crippen LogP contribution in [0, 0.1) is 19.7 Å². The Kier molecular flexibility index (Phi) is 5.93. The number of rotatable bonds is 5. The first-order valence-corrected chi connectivity index (χ1v) is 9.13. The molecule has 1 aromatic carbocycles. The first kappa shape index (κ1) is 18.5. The van der Waals surface area contributed by atoms with Crippen molar-refractivity contribution in [2.75, 3.05) is 19.6 Å². The molecule has 1 fully saturated rings. The molecule has 0 bridgehead atoms. The molecule has 6 heteroatoms. The van der Waals surface area contributed by atoms with Crippen LogP contribution in [-0.4, -0.2) is 40.4 Å². The summed E-state index contributed by atoms with van der Waals surface area (Å²) in [6.07, 6.45) is 3.53. The van der Waals surface area contributed by atoms with E-state index >= 15 is 0 Å². The molecule has 1 unspecified atom stereocenters. The van der Waals surface area contributed by atoms with E-state index in [-0.39, 0.29) is 17.8 Å². The van der Waals surface area contributed by atoms with Crippen LogP contribution in [0.2, 0.25) is 0 Å². The molecule has 0 saturated carbocycles. The van der Waals surface area contributed by atoms with E-state index in [4.69, 9.17) is 0 Å². The summed E-state index contributed by atoms with van der Waals surface area (Å²) in [5.41, 5.74) is 2.17. The van der Waals surface area contributed by atoms with Crippen LogP contribution in [-0.2, 0) is 0 Å². The van der Waals surface area contributed by atoms with Gasteiger partial charge >= 0.3 is 0 Å². The van der Waals surface area contributed by atoms with Gasteiger partial charge in [0, 0.05) is 12.2 Å². The first-order valence-electron chi connectivity index (χ1n) is 9.13. The number of nitrogens with zero attached hydrogens (tertiary/aromatic N) is 3. The second-order valence-electron chi connectivity index (χ2n) is 6.82. The molecule has 1 N–H and O–H groups in total. The molecule has 1 aromatic heterocycles. The molecule has 5 nitrogen and oxygen atoms in total. The van der Waals surface area contributed by atoms with Crippen LogP contribution in [0.25, 0.3) is 0 Å². The molecule has 0 spiro atoms. The molecule has 0 aliphatic carbocycles. The maximum atomic E-state index is 13.3. The average molecular weight is 356 g/mol. The quantitative estimate of drug-likeness (QED) is 0.894. The average Bonchev–Trinajstić information content (AvgIpc) is 2.63. The van der Waals surface area contributed by atoms with Crippen LogP contribution < -0.4 is 5.32 Å². The summed E-state index contributed by atoms with van der Waals surface area (Å²) in [7, 11) is 0. The molecular weight excluding hydrogens is 331 g/mol. The summed E-state index contributed by atoms with van der Waals surface area (Å²) >= 11 is 0. The largest absolute Gasteiger partial charge is 0.349 e. The highest BCUT2D eigenvalue weighted by atomic mass is 19.1. The minimum Gasteiger partial charge on any atom is -0.349 e. The fourth-order valence-electron chi connectivity index (χ4n) is 3.49. The Bertz CT molecular complexity index is 737. The lowest BCUT2D eigenvalue weighted by Crippen LogP contribution is -2.40. The summed E-state index contributed by atoms with van der Waals surface area (Å²) in [5, 5.41) is 3.00. The Morgan fingerprint density at radius 3 is 2.50 bits per heavy atom. The molecule has 2 heterocycles. The number of hydrogen-bond acceptors (Lipinski definition) is 4. The van der Waals surface area contributed by atoms with E-state index in [1.807, 2.05) is 6.92 Å². The Morgan fingerprint density at radius 1 is 1.15 bits per heavy atom. The van der Waals surface area contributed by atoms with E-state index in [2.05, 4.69) is 20.2 Å². The molecule has 26 heavy (non-hydrogen) atoms. The number of carbonyl (C=O) groups excluding carboxylic acids is 1. The van der Waals surface area contributed by atoms with Crippen molar-refractivity contribution in [2.24, 2.45) is 0 Å². The minimum absolute atomic E-state index is 0.0314. The molecule has 1 amide bonds. The lowest BCUT2D eigenvalue weighted by molar-refractivity contribution is 0.0919. The van der Waals surface area contributed by atoms with Gasteiger partial charge in [0.05, 0.1) is 6.04 Å². The van der Waals surface area contributed by atoms with Crippen molar-refractivity contribution in [1.29, 1.82) is 0 Å². The van der Waals surface area contributed by atoms with Gasteiger partial charge in [-0.05, 0) is 63.5 Å². The number of aromatic nitrogens is 2. The molecule has 2 aromatic rings. The van der Waals surface area contributed by atoms with Crippen LogP contribution in [0.4, 0.5) is 4.39 Å². The molecule has 1 atom stereocenters. The van der Waals surface area contributed by atoms with Crippen molar-refractivity contribution in [3.8, 4) is 0 Å². The van der Waals surface area contributed by atoms with Crippen LogP contribution in [0.5, 0.6) is 0 Å². The van der Waals surface area contributed by atoms with Gasteiger partial charge in [-0.1, -0.05) is 18.6 Å². The van der Waals surface area contributed by atoms with Crippen LogP contribution in [0.1, 0.15) is 52.9 Å². The number of hydrogen-bond donors (Lipinski definition) is 1. The van der Waals surface area contributed by atoms with Gasteiger partial charge in [-0.15, -0.1) is 0 Å². The maximum absolute atomic E-state index is 13.3. The van der Waals surface area contributed by atoms with Crippen molar-refractivity contribution in [1.82, 2.24) is 20.2 Å². The maximum Gasteiger partial charge on any atom is 0.270 e. The van der Waals surface area contributed by atoms with Gasteiger partial charge in [-0.2, -0.15) is 0 Å². The normalized spacial score (nSPS) is 16.3. The van der Waals surface area contributed by atoms with Gasteiger partial charge in [0.25, 0.3) is 5.91 Å². The first-order chi connectivity index (χ1) is 12.5. The lowest BCUT2D eigenvalue weighted by Gasteiger charge is -2.35. The standard InChI is InChI=1S/C20H25FN4O/c1-14-12-18(24-15(2)23-14)20(26)22-13-19(25-10-4-3-5-11-25)16-6-8-17(21)9-7-16/h6-9,12,19H,3-5,10-11,13H2,1-2H3,(H,22,26). The predicted octanol–water partition coefficient (Wildman–Crippen LogP) is 3.19. The summed E-state index contributed by atoms with van der Waals surface area (Å²) in [5.74, 6) is 0.131. The summed E-state index contributed by atoms with van der Waals surface area (Å²) in [6, 6.07) is 8.29. The highest BCUT2D eigenvalue weighted by Crippen LogP contribution is 2.24. The van der Waals surface area contributed by atoms with E-state index in [1.165, 1.54) is 18.6 Å². The summed E-state index contributed by atoms with van der Waals surface area (Å²) in [6.45, 7) is 6.07. The SMILES string of the molecule is Cc1cc(C(=O)NCC(c2ccc(F)cc2)N2CCCCC2)nc(C)n1. The number of likely N-dealkylation sites (tertiary alicyclic amines) is 1. The fraction of sp³-hybridized carbons (Fsp3) is 0.450. The highest BCUT2D eigenvalue weighted by Gasteiger charge is 2.23. The Hall–Kier alpha value is -2.34. The Labute approximate surface area is 153 Å². The van der Waals surface area contributed by atoms with Crippen molar-refractivity contribution >= 4 is 5.91 Å². The zero-order valence-electron chi connectivity index (χ0n) is 15.3. The van der Waals surface area contributed by atoms with Crippen molar-refractivity contribution in [2.45, 2.75) is 39.2 Å². The third-order valence-electron chi connectivity index (χ3n) is 4.74. The van der Waals surface area contributed by atoms with E-state index in [0.29, 0.717) is 18.1 Å². The number of piperidine rings is 1. The van der Waals surface area contributed by atoms with E-state index in [9.17, 15) is 9.18 Å². The zero-order chi connectivity index (χ0) is 18.5. The van der Waals surface area contributed by atoms with Crippen LogP contribution in [0.3, 0.4) is 0 Å². The van der Waals surface area contributed by atoms with Gasteiger partial charge in [0.1, 0.15) is 17.3 Å². The molecule has 138 valence electrons. The molecule has 1 aliphatic rings. The fourth-order valence-corrected chi connectivity index (χ4v) is 3.49. The van der Waals surface area contributed by atoms with Gasteiger partial charge in [0.2, 0.25) is 0 Å². The summed E-state index contributed by atoms with van der Waals surface area (Å²) < 4.78 is 13.3. The number of amides is 1. The van der Waals surface area contributed by atoms with E-state index in [0.717, 1.165) is 37.2 Å². The van der Waals surface area contributed by atoms with Gasteiger partial charge in [-0.25, -0.2) is 14.4 Å². The number of halogens is 1. The molecule has 1 saturated heterocycles. The second-order valence-corrected chi connectivity index (χ2v) is 6.82. The number of aryl methyl sites for hydroxylation is 2. The minimum atomic E-state index is -0.248. The van der Waals surface area contributed by atoms with Crippen LogP contribution in [0.15, 0.2) is 30.3 Å². The molecule has 0 radical (unpaired) electrons. The molecular formula is C20H25FN4O. The van der Waals surface area contributed by atoms with E-state index in [1.54, 1.807) is 25.1 Å². The predicted molar refractivity (Wildman–Crippen MR) is 98.4 cm³/mol. The summed E-state index contributed by atoms with van der Waals surface area (Å²) in [4.78, 5) is 23.3. The van der Waals surface area contributed by atoms with Crippen molar-refractivity contribution in [3.05, 3.63) is 58.9 Å². The number of carbonyl (C=O) groups is 1. The smallest absolute Gasteiger partial charge is 0.270 e. The van der Waals surface area contributed by atoms with Gasteiger partial charge in [-0.3, -0.25) is 9.69 Å². The highest BCUT2D eigenvalue weighted by molar-refractivity contribution is 5.92. The third-order valence-corrected chi connectivity index (χ3v) is 4.74. The van der Waals surface area contributed by atoms with Gasteiger partial charge < -0.3 is 5.32 Å². The lowest BCUT2D eigenvalue weighted by atomic mass is 10.0. The number of benzene rings is 1. The second kappa shape index (κ2) is 8.36. The van der Waals surface area contributed by atoms with Crippen LogP contribution >= 0.6 is 0 Å². The molecule has 3 rings (SSSR count). The Morgan fingerprint density at radius 2 is 1.85 bits per heavy atom. The number of nitrogens with one attached hydrogen (secondary N) is 1. The third kappa shape index (κ3) is 4.64. The molecule has 1 aliphatic heterocycles. The zero-order valence-corrected chi connectivity index (χ0v) is 15.3. The Balaban J connectivity index is 1.74. The van der Waals surface area contributed by atoms with Crippen molar-refractivity contribution < 1.29 is 9.18 Å². The monoisotopic (exact) mass is 356 g/mol. The van der Waals surface area contributed by atoms with Gasteiger partial charge in [0.15, 0.2) is 0 Å².